The van der Waals surface area contributed by atoms with Crippen LogP contribution in [0.5, 0.6) is 0 Å². The summed E-state index contributed by atoms with van der Waals surface area (Å²) in [6.45, 7) is 2.86. The van der Waals surface area contributed by atoms with Crippen LogP contribution < -0.4 is 10.6 Å². The monoisotopic (exact) mass is 391 g/mol. The lowest BCUT2D eigenvalue weighted by Crippen LogP contribution is -2.47. The number of nitrogens with one attached hydrogen (secondary N) is 3. The maximum Gasteiger partial charge on any atom is 0.232 e. The van der Waals surface area contributed by atoms with Crippen LogP contribution in [0.4, 0.5) is 17.6 Å². The van der Waals surface area contributed by atoms with Crippen molar-refractivity contribution in [3.05, 3.63) is 30.1 Å². The number of nitrogens with zero attached hydrogens (tertiary/aromatic N) is 6. The molecule has 2 bridgehead atoms. The van der Waals surface area contributed by atoms with Crippen molar-refractivity contribution in [3.8, 4) is 6.07 Å². The molecule has 9 nitrogen and oxygen atoms in total. The van der Waals surface area contributed by atoms with Gasteiger partial charge < -0.3 is 10.6 Å². The number of piperidine rings is 1. The predicted molar refractivity (Wildman–Crippen MR) is 110 cm³/mol. The SMILES string of the molecule is Cc1cc(Nc2nc(NC3C[C@H]4CC[C@@H](C3)N4CCC#N)c3cccnn23)n[nH]1. The van der Waals surface area contributed by atoms with Gasteiger partial charge in [0, 0.05) is 49.0 Å². The van der Waals surface area contributed by atoms with Gasteiger partial charge in [-0.15, -0.1) is 0 Å². The molecule has 3 aromatic heterocycles. The van der Waals surface area contributed by atoms with Gasteiger partial charge in [0.05, 0.1) is 6.07 Å². The summed E-state index contributed by atoms with van der Waals surface area (Å²) in [4.78, 5) is 7.34. The molecule has 3 N–H and O–H groups in total. The highest BCUT2D eigenvalue weighted by Gasteiger charge is 2.40. The fourth-order valence-electron chi connectivity index (χ4n) is 4.84. The lowest BCUT2D eigenvalue weighted by molar-refractivity contribution is 0.136. The van der Waals surface area contributed by atoms with Gasteiger partial charge in [-0.25, -0.2) is 0 Å². The van der Waals surface area contributed by atoms with Crippen LogP contribution >= 0.6 is 0 Å². The first-order valence-corrected chi connectivity index (χ1v) is 10.2. The third-order valence-electron chi connectivity index (χ3n) is 6.06. The van der Waals surface area contributed by atoms with Crippen molar-refractivity contribution >= 4 is 23.1 Å². The number of nitriles is 1. The Balaban J connectivity index is 1.36. The zero-order valence-corrected chi connectivity index (χ0v) is 16.5. The van der Waals surface area contributed by atoms with Gasteiger partial charge in [0.1, 0.15) is 5.52 Å². The summed E-state index contributed by atoms with van der Waals surface area (Å²) in [5.41, 5.74) is 1.93. The minimum Gasteiger partial charge on any atom is -0.365 e. The van der Waals surface area contributed by atoms with Crippen LogP contribution in [0.2, 0.25) is 0 Å². The average molecular weight is 391 g/mol. The van der Waals surface area contributed by atoms with Crippen LogP contribution in [0, 0.1) is 18.3 Å². The summed E-state index contributed by atoms with van der Waals surface area (Å²) in [5.74, 6) is 2.21. The number of H-pyrrole nitrogens is 1. The lowest BCUT2D eigenvalue weighted by Gasteiger charge is -2.38. The molecule has 1 unspecified atom stereocenters. The standard InChI is InChI=1S/C20H25N9/c1-13-10-18(27-26-13)24-20-25-19(17-4-2-8-22-29(17)20)23-14-11-15-5-6-16(12-14)28(15)9-3-7-21/h2,4,8,10,14-16,23H,3,5-6,9,11-12H2,1H3,(H2,24,25,26,27)/t14?,15-,16+. The van der Waals surface area contributed by atoms with E-state index in [1.807, 2.05) is 29.6 Å². The number of rotatable bonds is 6. The van der Waals surface area contributed by atoms with Crippen LogP contribution in [0.15, 0.2) is 24.4 Å². The molecule has 0 aromatic carbocycles. The fourth-order valence-corrected chi connectivity index (χ4v) is 4.84. The van der Waals surface area contributed by atoms with Crippen molar-refractivity contribution in [3.63, 3.8) is 0 Å². The van der Waals surface area contributed by atoms with Crippen molar-refractivity contribution in [1.82, 2.24) is 29.7 Å². The van der Waals surface area contributed by atoms with E-state index in [0.717, 1.165) is 42.2 Å². The van der Waals surface area contributed by atoms with Gasteiger partial charge in [-0.1, -0.05) is 0 Å². The van der Waals surface area contributed by atoms with Gasteiger partial charge in [0.2, 0.25) is 5.95 Å². The Kier molecular flexibility index (Phi) is 4.56. The van der Waals surface area contributed by atoms with Crippen LogP contribution in [-0.4, -0.2) is 54.4 Å². The zero-order chi connectivity index (χ0) is 19.8. The first kappa shape index (κ1) is 17.9. The molecule has 0 radical (unpaired) electrons. The maximum atomic E-state index is 8.93. The number of fused-ring (bicyclic) bond motifs is 3. The van der Waals surface area contributed by atoms with Crippen molar-refractivity contribution in [2.45, 2.75) is 57.2 Å². The molecule has 2 fully saturated rings. The minimum atomic E-state index is 0.380. The molecule has 0 aliphatic carbocycles. The first-order valence-electron chi connectivity index (χ1n) is 10.2. The van der Waals surface area contributed by atoms with Crippen molar-refractivity contribution in [2.24, 2.45) is 0 Å². The molecule has 9 heteroatoms. The third-order valence-corrected chi connectivity index (χ3v) is 6.06. The summed E-state index contributed by atoms with van der Waals surface area (Å²) in [6, 6.07) is 9.69. The molecule has 29 heavy (non-hydrogen) atoms. The molecule has 0 saturated carbocycles. The van der Waals surface area contributed by atoms with E-state index in [-0.39, 0.29) is 0 Å². The fraction of sp³-hybridized carbons (Fsp3) is 0.500. The number of aromatic nitrogens is 5. The van der Waals surface area contributed by atoms with E-state index in [1.165, 1.54) is 12.8 Å². The Morgan fingerprint density at radius 2 is 2.14 bits per heavy atom. The van der Waals surface area contributed by atoms with E-state index in [2.05, 4.69) is 36.9 Å². The number of imidazole rings is 1. The molecular weight excluding hydrogens is 366 g/mol. The Bertz CT molecular complexity index is 1030. The summed E-state index contributed by atoms with van der Waals surface area (Å²) in [6.07, 6.45) is 7.00. The van der Waals surface area contributed by atoms with Gasteiger partial charge in [-0.2, -0.15) is 25.0 Å². The van der Waals surface area contributed by atoms with Crippen molar-refractivity contribution in [2.75, 3.05) is 17.2 Å². The Morgan fingerprint density at radius 3 is 2.86 bits per heavy atom. The average Bonchev–Trinajstić information content (AvgIpc) is 3.35. The van der Waals surface area contributed by atoms with E-state index >= 15 is 0 Å². The Labute approximate surface area is 169 Å². The topological polar surface area (TPSA) is 110 Å². The maximum absolute atomic E-state index is 8.93. The van der Waals surface area contributed by atoms with Gasteiger partial charge in [0.25, 0.3) is 0 Å². The minimum absolute atomic E-state index is 0.380. The zero-order valence-electron chi connectivity index (χ0n) is 16.5. The largest absolute Gasteiger partial charge is 0.365 e. The Hall–Kier alpha value is -3.12. The van der Waals surface area contributed by atoms with Crippen LogP contribution in [0.25, 0.3) is 5.52 Å². The highest BCUT2D eigenvalue weighted by molar-refractivity contribution is 5.73. The van der Waals surface area contributed by atoms with Crippen LogP contribution in [-0.2, 0) is 0 Å². The summed E-state index contributed by atoms with van der Waals surface area (Å²) < 4.78 is 1.81. The second kappa shape index (κ2) is 7.37. The molecular formula is C20H25N9. The number of aromatic amines is 1. The van der Waals surface area contributed by atoms with E-state index in [0.29, 0.717) is 30.5 Å². The summed E-state index contributed by atoms with van der Waals surface area (Å²) >= 11 is 0. The summed E-state index contributed by atoms with van der Waals surface area (Å²) in [5, 5.41) is 27.5. The van der Waals surface area contributed by atoms with Crippen molar-refractivity contribution < 1.29 is 0 Å². The molecule has 0 spiro atoms. The number of aryl methyl sites for hydroxylation is 1. The highest BCUT2D eigenvalue weighted by Crippen LogP contribution is 2.37. The van der Waals surface area contributed by atoms with E-state index in [4.69, 9.17) is 10.2 Å². The molecule has 5 heterocycles. The first-order chi connectivity index (χ1) is 14.2. The molecule has 2 saturated heterocycles. The molecule has 3 atom stereocenters. The molecule has 5 rings (SSSR count). The molecule has 2 aliphatic rings. The summed E-state index contributed by atoms with van der Waals surface area (Å²) in [7, 11) is 0. The van der Waals surface area contributed by atoms with Crippen molar-refractivity contribution in [1.29, 1.82) is 5.26 Å². The third kappa shape index (κ3) is 3.40. The lowest BCUT2D eigenvalue weighted by atomic mass is 9.97. The molecule has 2 aliphatic heterocycles. The quantitative estimate of drug-likeness (QED) is 0.593. The van der Waals surface area contributed by atoms with Gasteiger partial charge >= 0.3 is 0 Å². The number of hydrogen-bond donors (Lipinski definition) is 3. The van der Waals surface area contributed by atoms with E-state index in [1.54, 1.807) is 6.20 Å². The van der Waals surface area contributed by atoms with E-state index in [9.17, 15) is 0 Å². The highest BCUT2D eigenvalue weighted by atomic mass is 15.4. The second-order valence-electron chi connectivity index (χ2n) is 8.01. The molecule has 0 amide bonds. The normalized spacial score (nSPS) is 23.9. The van der Waals surface area contributed by atoms with Crippen LogP contribution in [0.1, 0.15) is 37.8 Å². The van der Waals surface area contributed by atoms with Gasteiger partial charge in [-0.3, -0.25) is 10.00 Å². The number of hydrogen-bond acceptors (Lipinski definition) is 7. The number of anilines is 3. The molecule has 3 aromatic rings. The predicted octanol–water partition coefficient (Wildman–Crippen LogP) is 2.83. The van der Waals surface area contributed by atoms with Gasteiger partial charge in [0.15, 0.2) is 11.6 Å². The molecule has 150 valence electrons. The van der Waals surface area contributed by atoms with Crippen LogP contribution in [0.3, 0.4) is 0 Å². The van der Waals surface area contributed by atoms with E-state index < -0.39 is 0 Å². The van der Waals surface area contributed by atoms with Gasteiger partial charge in [-0.05, 0) is 44.7 Å². The Morgan fingerprint density at radius 1 is 1.31 bits per heavy atom. The second-order valence-corrected chi connectivity index (χ2v) is 8.01. The smallest absolute Gasteiger partial charge is 0.232 e.